The molecule has 22 heavy (non-hydrogen) atoms. The maximum atomic E-state index is 12.6. The Morgan fingerprint density at radius 1 is 1.27 bits per heavy atom. The SMILES string of the molecule is NC(=O)[C@H]1CCCN(C(=O)c2cc3ccccc3[nH]c2=O)C1. The highest BCUT2D eigenvalue weighted by Gasteiger charge is 2.28. The smallest absolute Gasteiger partial charge is 0.261 e. The van der Waals surface area contributed by atoms with Gasteiger partial charge in [0.05, 0.1) is 5.92 Å². The molecule has 1 aromatic carbocycles. The van der Waals surface area contributed by atoms with Gasteiger partial charge in [0, 0.05) is 18.6 Å². The fourth-order valence-electron chi connectivity index (χ4n) is 2.87. The number of rotatable bonds is 2. The summed E-state index contributed by atoms with van der Waals surface area (Å²) in [6, 6.07) is 8.89. The first-order valence-corrected chi connectivity index (χ1v) is 7.27. The number of nitrogens with one attached hydrogen (secondary N) is 1. The molecule has 2 heterocycles. The molecular formula is C16H17N3O3. The summed E-state index contributed by atoms with van der Waals surface area (Å²) in [5.74, 6) is -1.08. The second kappa shape index (κ2) is 5.63. The number of H-pyrrole nitrogens is 1. The van der Waals surface area contributed by atoms with E-state index in [1.807, 2.05) is 18.2 Å². The zero-order valence-electron chi connectivity index (χ0n) is 12.0. The number of pyridine rings is 1. The highest BCUT2D eigenvalue weighted by Crippen LogP contribution is 2.18. The van der Waals surface area contributed by atoms with Gasteiger partial charge in [-0.3, -0.25) is 14.4 Å². The van der Waals surface area contributed by atoms with Gasteiger partial charge in [-0.15, -0.1) is 0 Å². The van der Waals surface area contributed by atoms with Gasteiger partial charge in [0.15, 0.2) is 0 Å². The van der Waals surface area contributed by atoms with E-state index >= 15 is 0 Å². The average Bonchev–Trinajstić information content (AvgIpc) is 2.53. The summed E-state index contributed by atoms with van der Waals surface area (Å²) < 4.78 is 0. The fraction of sp³-hybridized carbons (Fsp3) is 0.312. The van der Waals surface area contributed by atoms with Crippen molar-refractivity contribution in [2.24, 2.45) is 11.7 Å². The van der Waals surface area contributed by atoms with Crippen LogP contribution in [0.2, 0.25) is 0 Å². The van der Waals surface area contributed by atoms with Gasteiger partial charge in [-0.1, -0.05) is 18.2 Å². The summed E-state index contributed by atoms with van der Waals surface area (Å²) >= 11 is 0. The standard InChI is InChI=1S/C16H17N3O3/c17-14(20)11-5-3-7-19(9-11)16(22)12-8-10-4-1-2-6-13(10)18-15(12)21/h1-2,4,6,8,11H,3,5,7,9H2,(H2,17,20)(H,18,21)/t11-/m0/s1. The van der Waals surface area contributed by atoms with E-state index in [9.17, 15) is 14.4 Å². The molecule has 2 amide bonds. The molecular weight excluding hydrogens is 282 g/mol. The molecule has 1 atom stereocenters. The van der Waals surface area contributed by atoms with E-state index in [2.05, 4.69) is 4.98 Å². The molecule has 0 radical (unpaired) electrons. The van der Waals surface area contributed by atoms with Gasteiger partial charge in [-0.25, -0.2) is 0 Å². The van der Waals surface area contributed by atoms with E-state index in [1.54, 1.807) is 12.1 Å². The van der Waals surface area contributed by atoms with Crippen LogP contribution < -0.4 is 11.3 Å². The van der Waals surface area contributed by atoms with Crippen LogP contribution in [-0.2, 0) is 4.79 Å². The number of nitrogens with zero attached hydrogens (tertiary/aromatic N) is 1. The van der Waals surface area contributed by atoms with Crippen LogP contribution in [0.3, 0.4) is 0 Å². The number of para-hydroxylation sites is 1. The van der Waals surface area contributed by atoms with Crippen molar-refractivity contribution in [1.82, 2.24) is 9.88 Å². The van der Waals surface area contributed by atoms with Crippen molar-refractivity contribution < 1.29 is 9.59 Å². The number of hydrogen-bond acceptors (Lipinski definition) is 3. The Balaban J connectivity index is 1.93. The number of aromatic nitrogens is 1. The molecule has 0 unspecified atom stereocenters. The second-order valence-electron chi connectivity index (χ2n) is 5.59. The predicted octanol–water partition coefficient (Wildman–Crippen LogP) is 0.866. The molecule has 1 aromatic heterocycles. The van der Waals surface area contributed by atoms with Crippen LogP contribution in [0.4, 0.5) is 0 Å². The Bertz CT molecular complexity index is 797. The van der Waals surface area contributed by atoms with Gasteiger partial charge in [0.2, 0.25) is 5.91 Å². The predicted molar refractivity (Wildman–Crippen MR) is 82.4 cm³/mol. The number of hydrogen-bond donors (Lipinski definition) is 2. The van der Waals surface area contributed by atoms with Crippen molar-refractivity contribution in [2.45, 2.75) is 12.8 Å². The number of fused-ring (bicyclic) bond motifs is 1. The second-order valence-corrected chi connectivity index (χ2v) is 5.59. The van der Waals surface area contributed by atoms with Gasteiger partial charge < -0.3 is 15.6 Å². The minimum absolute atomic E-state index is 0.101. The first-order chi connectivity index (χ1) is 10.6. The fourth-order valence-corrected chi connectivity index (χ4v) is 2.87. The molecule has 1 aliphatic rings. The van der Waals surface area contributed by atoms with Gasteiger partial charge in [0.1, 0.15) is 5.56 Å². The van der Waals surface area contributed by atoms with Gasteiger partial charge in [0.25, 0.3) is 11.5 Å². The van der Waals surface area contributed by atoms with Crippen LogP contribution in [-0.4, -0.2) is 34.8 Å². The quantitative estimate of drug-likeness (QED) is 0.861. The third-order valence-electron chi connectivity index (χ3n) is 4.09. The van der Waals surface area contributed by atoms with Crippen LogP contribution in [0.1, 0.15) is 23.2 Å². The summed E-state index contributed by atoms with van der Waals surface area (Å²) in [7, 11) is 0. The molecule has 1 aliphatic heterocycles. The van der Waals surface area contributed by atoms with Crippen LogP contribution >= 0.6 is 0 Å². The zero-order valence-corrected chi connectivity index (χ0v) is 12.0. The Labute approximate surface area is 126 Å². The summed E-state index contributed by atoms with van der Waals surface area (Å²) in [5.41, 5.74) is 5.71. The number of nitrogens with two attached hydrogens (primary N) is 1. The van der Waals surface area contributed by atoms with Crippen molar-refractivity contribution in [3.63, 3.8) is 0 Å². The molecule has 6 heteroatoms. The first kappa shape index (κ1) is 14.3. The topological polar surface area (TPSA) is 96.3 Å². The van der Waals surface area contributed by atoms with Crippen LogP contribution in [0.5, 0.6) is 0 Å². The highest BCUT2D eigenvalue weighted by molar-refractivity contribution is 5.97. The van der Waals surface area contributed by atoms with Crippen molar-refractivity contribution >= 4 is 22.7 Å². The normalized spacial score (nSPS) is 18.4. The number of carbonyl (C=O) groups is 2. The molecule has 3 N–H and O–H groups in total. The number of likely N-dealkylation sites (tertiary alicyclic amines) is 1. The van der Waals surface area contributed by atoms with Gasteiger partial charge in [-0.2, -0.15) is 0 Å². The molecule has 0 saturated carbocycles. The largest absolute Gasteiger partial charge is 0.369 e. The molecule has 3 rings (SSSR count). The Kier molecular flexibility index (Phi) is 3.66. The van der Waals surface area contributed by atoms with E-state index in [0.29, 0.717) is 24.9 Å². The number of piperidine rings is 1. The number of benzene rings is 1. The lowest BCUT2D eigenvalue weighted by Crippen LogP contribution is -2.45. The zero-order chi connectivity index (χ0) is 15.7. The highest BCUT2D eigenvalue weighted by atomic mass is 16.2. The van der Waals surface area contributed by atoms with Crippen LogP contribution in [0, 0.1) is 5.92 Å². The Morgan fingerprint density at radius 3 is 2.82 bits per heavy atom. The minimum atomic E-state index is -0.412. The van der Waals surface area contributed by atoms with Gasteiger partial charge in [-0.05, 0) is 30.4 Å². The monoisotopic (exact) mass is 299 g/mol. The van der Waals surface area contributed by atoms with Gasteiger partial charge >= 0.3 is 0 Å². The summed E-state index contributed by atoms with van der Waals surface area (Å²) in [4.78, 5) is 40.3. The lowest BCUT2D eigenvalue weighted by atomic mass is 9.97. The molecule has 1 fully saturated rings. The minimum Gasteiger partial charge on any atom is -0.369 e. The van der Waals surface area contributed by atoms with Crippen LogP contribution in [0.25, 0.3) is 10.9 Å². The maximum Gasteiger partial charge on any atom is 0.261 e. The number of carbonyl (C=O) groups excluding carboxylic acids is 2. The van der Waals surface area contributed by atoms with Crippen molar-refractivity contribution in [3.05, 3.63) is 46.2 Å². The Hall–Kier alpha value is -2.63. The molecule has 114 valence electrons. The van der Waals surface area contributed by atoms with Crippen LogP contribution in [0.15, 0.2) is 35.1 Å². The maximum absolute atomic E-state index is 12.6. The molecule has 0 bridgehead atoms. The number of primary amides is 1. The van der Waals surface area contributed by atoms with E-state index in [-0.39, 0.29) is 23.9 Å². The number of aromatic amines is 1. The van der Waals surface area contributed by atoms with E-state index in [4.69, 9.17) is 5.73 Å². The third kappa shape index (κ3) is 2.59. The lowest BCUT2D eigenvalue weighted by molar-refractivity contribution is -0.123. The molecule has 2 aromatic rings. The van der Waals surface area contributed by atoms with Crippen molar-refractivity contribution in [2.75, 3.05) is 13.1 Å². The molecule has 0 spiro atoms. The Morgan fingerprint density at radius 2 is 2.05 bits per heavy atom. The number of amides is 2. The summed E-state index contributed by atoms with van der Waals surface area (Å²) in [6.45, 7) is 0.815. The first-order valence-electron chi connectivity index (χ1n) is 7.27. The lowest BCUT2D eigenvalue weighted by Gasteiger charge is -2.31. The summed E-state index contributed by atoms with van der Waals surface area (Å²) in [6.07, 6.45) is 1.40. The van der Waals surface area contributed by atoms with E-state index in [0.717, 1.165) is 5.39 Å². The van der Waals surface area contributed by atoms with E-state index in [1.165, 1.54) is 4.90 Å². The van der Waals surface area contributed by atoms with Crippen molar-refractivity contribution in [1.29, 1.82) is 0 Å². The average molecular weight is 299 g/mol. The molecule has 6 nitrogen and oxygen atoms in total. The molecule has 0 aliphatic carbocycles. The summed E-state index contributed by atoms with van der Waals surface area (Å²) in [5, 5.41) is 0.800. The van der Waals surface area contributed by atoms with E-state index < -0.39 is 11.5 Å². The third-order valence-corrected chi connectivity index (χ3v) is 4.09. The molecule has 1 saturated heterocycles. The van der Waals surface area contributed by atoms with Crippen molar-refractivity contribution in [3.8, 4) is 0 Å².